The van der Waals surface area contributed by atoms with Crippen molar-refractivity contribution >= 4 is 21.6 Å². The van der Waals surface area contributed by atoms with E-state index in [1.54, 1.807) is 12.1 Å². The summed E-state index contributed by atoms with van der Waals surface area (Å²) in [5.74, 6) is -0.935. The minimum Gasteiger partial charge on any atom is -0.376 e. The molecule has 1 saturated heterocycles. The van der Waals surface area contributed by atoms with Crippen LogP contribution in [0.4, 0.5) is 10.1 Å². The summed E-state index contributed by atoms with van der Waals surface area (Å²) in [6, 6.07) is 11.4. The number of rotatable bonds is 7. The summed E-state index contributed by atoms with van der Waals surface area (Å²) in [6.45, 7) is 2.45. The van der Waals surface area contributed by atoms with Crippen LogP contribution in [0.25, 0.3) is 0 Å². The summed E-state index contributed by atoms with van der Waals surface area (Å²) in [4.78, 5) is 12.5. The fraction of sp³-hybridized carbons (Fsp3) is 0.350. The second kappa shape index (κ2) is 8.70. The third-order valence-corrected chi connectivity index (χ3v) is 6.35. The van der Waals surface area contributed by atoms with Crippen LogP contribution in [0.2, 0.25) is 0 Å². The number of ether oxygens (including phenoxy) is 1. The van der Waals surface area contributed by atoms with Crippen LogP contribution in [-0.2, 0) is 19.6 Å². The van der Waals surface area contributed by atoms with Crippen molar-refractivity contribution in [2.24, 2.45) is 0 Å². The highest BCUT2D eigenvalue weighted by atomic mass is 32.2. The van der Waals surface area contributed by atoms with Gasteiger partial charge in [0, 0.05) is 13.2 Å². The number of aryl methyl sites for hydroxylation is 1. The van der Waals surface area contributed by atoms with Crippen LogP contribution in [0.3, 0.4) is 0 Å². The van der Waals surface area contributed by atoms with E-state index < -0.39 is 28.3 Å². The molecule has 1 amide bonds. The highest BCUT2D eigenvalue weighted by Gasteiger charge is 2.27. The Labute approximate surface area is 164 Å². The lowest BCUT2D eigenvalue weighted by atomic mass is 10.2. The first-order chi connectivity index (χ1) is 13.4. The molecule has 150 valence electrons. The first-order valence-corrected chi connectivity index (χ1v) is 10.5. The smallest absolute Gasteiger partial charge is 0.264 e. The Bertz CT molecular complexity index is 908. The molecule has 1 N–H and O–H groups in total. The largest absolute Gasteiger partial charge is 0.376 e. The molecule has 8 heteroatoms. The van der Waals surface area contributed by atoms with Crippen LogP contribution in [0.5, 0.6) is 0 Å². The number of anilines is 1. The Morgan fingerprint density at radius 1 is 1.18 bits per heavy atom. The summed E-state index contributed by atoms with van der Waals surface area (Å²) in [5, 5.41) is 2.72. The number of carbonyl (C=O) groups is 1. The number of nitrogens with one attached hydrogen (secondary N) is 1. The maximum absolute atomic E-state index is 13.3. The lowest BCUT2D eigenvalue weighted by Gasteiger charge is -2.24. The molecule has 1 fully saturated rings. The number of hydrogen-bond acceptors (Lipinski definition) is 4. The van der Waals surface area contributed by atoms with Crippen LogP contribution in [0.15, 0.2) is 53.4 Å². The molecule has 2 aromatic rings. The molecule has 0 aromatic heterocycles. The van der Waals surface area contributed by atoms with Crippen LogP contribution >= 0.6 is 0 Å². The van der Waals surface area contributed by atoms with E-state index in [2.05, 4.69) is 5.32 Å². The third kappa shape index (κ3) is 4.88. The highest BCUT2D eigenvalue weighted by Crippen LogP contribution is 2.24. The number of hydrogen-bond donors (Lipinski definition) is 1. The molecule has 0 bridgehead atoms. The molecule has 0 unspecified atom stereocenters. The zero-order valence-electron chi connectivity index (χ0n) is 15.6. The molecule has 1 aliphatic heterocycles. The highest BCUT2D eigenvalue weighted by molar-refractivity contribution is 7.92. The average Bonchev–Trinajstić information content (AvgIpc) is 3.19. The standard InChI is InChI=1S/C20H23FN2O4S/c1-15-4-10-19(11-5-15)28(25,26)23(17-8-6-16(21)7-9-17)14-20(24)22-13-18-3-2-12-27-18/h4-11,18H,2-3,12-14H2,1H3,(H,22,24)/t18-/m0/s1. The fourth-order valence-corrected chi connectivity index (χ4v) is 4.40. The van der Waals surface area contributed by atoms with Crippen molar-refractivity contribution < 1.29 is 22.3 Å². The SMILES string of the molecule is Cc1ccc(S(=O)(=O)N(CC(=O)NC[C@@H]2CCCO2)c2ccc(F)cc2)cc1. The Morgan fingerprint density at radius 3 is 2.46 bits per heavy atom. The van der Waals surface area contributed by atoms with Gasteiger partial charge in [-0.25, -0.2) is 12.8 Å². The van der Waals surface area contributed by atoms with Crippen molar-refractivity contribution in [2.75, 3.05) is 24.0 Å². The Morgan fingerprint density at radius 2 is 1.86 bits per heavy atom. The van der Waals surface area contributed by atoms with Gasteiger partial charge in [0.2, 0.25) is 5.91 Å². The van der Waals surface area contributed by atoms with E-state index in [1.165, 1.54) is 24.3 Å². The molecule has 1 atom stereocenters. The second-order valence-electron chi connectivity index (χ2n) is 6.74. The number of sulfonamides is 1. The van der Waals surface area contributed by atoms with Gasteiger partial charge in [-0.05, 0) is 56.2 Å². The van der Waals surface area contributed by atoms with Crippen molar-refractivity contribution in [3.05, 3.63) is 59.9 Å². The first kappa shape index (κ1) is 20.3. The van der Waals surface area contributed by atoms with Gasteiger partial charge in [0.05, 0.1) is 16.7 Å². The molecule has 28 heavy (non-hydrogen) atoms. The van der Waals surface area contributed by atoms with E-state index in [0.717, 1.165) is 34.8 Å². The molecular weight excluding hydrogens is 383 g/mol. The van der Waals surface area contributed by atoms with Gasteiger partial charge < -0.3 is 10.1 Å². The number of nitrogens with zero attached hydrogens (tertiary/aromatic N) is 1. The average molecular weight is 406 g/mol. The maximum atomic E-state index is 13.3. The topological polar surface area (TPSA) is 75.7 Å². The van der Waals surface area contributed by atoms with Gasteiger partial charge in [0.15, 0.2) is 0 Å². The number of carbonyl (C=O) groups excluding carboxylic acids is 1. The van der Waals surface area contributed by atoms with Gasteiger partial charge in [0.1, 0.15) is 12.4 Å². The number of amides is 1. The van der Waals surface area contributed by atoms with Gasteiger partial charge in [-0.1, -0.05) is 17.7 Å². The Balaban J connectivity index is 1.83. The van der Waals surface area contributed by atoms with E-state index in [0.29, 0.717) is 13.2 Å². The summed E-state index contributed by atoms with van der Waals surface area (Å²) >= 11 is 0. The quantitative estimate of drug-likeness (QED) is 0.767. The number of benzene rings is 2. The molecule has 2 aromatic carbocycles. The molecule has 0 saturated carbocycles. The number of halogens is 1. The van der Waals surface area contributed by atoms with E-state index >= 15 is 0 Å². The Hall–Kier alpha value is -2.45. The predicted octanol–water partition coefficient (Wildman–Crippen LogP) is 2.62. The minimum atomic E-state index is -4.00. The van der Waals surface area contributed by atoms with Gasteiger partial charge in [-0.15, -0.1) is 0 Å². The molecular formula is C20H23FN2O4S. The van der Waals surface area contributed by atoms with Crippen LogP contribution < -0.4 is 9.62 Å². The van der Waals surface area contributed by atoms with E-state index in [4.69, 9.17) is 4.74 Å². The van der Waals surface area contributed by atoms with Crippen molar-refractivity contribution in [1.29, 1.82) is 0 Å². The maximum Gasteiger partial charge on any atom is 0.264 e. The van der Waals surface area contributed by atoms with E-state index in [-0.39, 0.29) is 16.7 Å². The van der Waals surface area contributed by atoms with E-state index in [1.807, 2.05) is 6.92 Å². The third-order valence-electron chi connectivity index (χ3n) is 4.56. The predicted molar refractivity (Wildman–Crippen MR) is 104 cm³/mol. The Kier molecular flexibility index (Phi) is 6.31. The lowest BCUT2D eigenvalue weighted by molar-refractivity contribution is -0.120. The van der Waals surface area contributed by atoms with E-state index in [9.17, 15) is 17.6 Å². The van der Waals surface area contributed by atoms with Gasteiger partial charge in [0.25, 0.3) is 10.0 Å². The molecule has 0 spiro atoms. The zero-order chi connectivity index (χ0) is 20.1. The summed E-state index contributed by atoms with van der Waals surface area (Å²) < 4.78 is 46.1. The summed E-state index contributed by atoms with van der Waals surface area (Å²) in [6.07, 6.45) is 1.77. The monoisotopic (exact) mass is 406 g/mol. The van der Waals surface area contributed by atoms with Crippen molar-refractivity contribution in [3.63, 3.8) is 0 Å². The van der Waals surface area contributed by atoms with Crippen molar-refractivity contribution in [3.8, 4) is 0 Å². The van der Waals surface area contributed by atoms with Crippen LogP contribution in [-0.4, -0.2) is 40.1 Å². The summed E-state index contributed by atoms with van der Waals surface area (Å²) in [7, 11) is -4.00. The lowest BCUT2D eigenvalue weighted by Crippen LogP contribution is -2.42. The molecule has 3 rings (SSSR count). The molecule has 0 radical (unpaired) electrons. The second-order valence-corrected chi connectivity index (χ2v) is 8.60. The fourth-order valence-electron chi connectivity index (χ4n) is 2.98. The molecule has 1 heterocycles. The molecule has 0 aliphatic carbocycles. The summed E-state index contributed by atoms with van der Waals surface area (Å²) in [5.41, 5.74) is 1.14. The van der Waals surface area contributed by atoms with Crippen molar-refractivity contribution in [1.82, 2.24) is 5.32 Å². The zero-order valence-corrected chi connectivity index (χ0v) is 16.4. The normalized spacial score (nSPS) is 16.7. The molecule has 6 nitrogen and oxygen atoms in total. The van der Waals surface area contributed by atoms with Crippen molar-refractivity contribution in [2.45, 2.75) is 30.8 Å². The van der Waals surface area contributed by atoms with Crippen LogP contribution in [0, 0.1) is 12.7 Å². The first-order valence-electron chi connectivity index (χ1n) is 9.09. The van der Waals surface area contributed by atoms with Gasteiger partial charge in [-0.3, -0.25) is 9.10 Å². The van der Waals surface area contributed by atoms with Crippen LogP contribution in [0.1, 0.15) is 18.4 Å². The van der Waals surface area contributed by atoms with Gasteiger partial charge in [-0.2, -0.15) is 0 Å². The molecule has 1 aliphatic rings. The minimum absolute atomic E-state index is 0.0445. The van der Waals surface area contributed by atoms with Gasteiger partial charge >= 0.3 is 0 Å².